The third kappa shape index (κ3) is 8.23. The predicted octanol–water partition coefficient (Wildman–Crippen LogP) is 5.86. The van der Waals surface area contributed by atoms with E-state index in [0.717, 1.165) is 26.7 Å². The maximum Gasteiger partial charge on any atom is 0.261 e. The molecule has 1 atom stereocenters. The van der Waals surface area contributed by atoms with Crippen molar-refractivity contribution in [2.24, 2.45) is 5.92 Å². The van der Waals surface area contributed by atoms with Crippen molar-refractivity contribution in [1.29, 1.82) is 0 Å². The lowest BCUT2D eigenvalue weighted by Crippen LogP contribution is -2.52. The largest absolute Gasteiger partial charge is 0.484 e. The lowest BCUT2D eigenvalue weighted by molar-refractivity contribution is -0.142. The zero-order valence-corrected chi connectivity index (χ0v) is 23.0. The van der Waals surface area contributed by atoms with Crippen molar-refractivity contribution in [3.8, 4) is 5.75 Å². The summed E-state index contributed by atoms with van der Waals surface area (Å²) in [7, 11) is 0. The summed E-state index contributed by atoms with van der Waals surface area (Å²) in [5.41, 5.74) is 4.11. The second kappa shape index (κ2) is 13.3. The fraction of sp³-hybridized carbons (Fsp3) is 0.333. The number of amides is 2. The predicted molar refractivity (Wildman–Crippen MR) is 148 cm³/mol. The molecule has 0 unspecified atom stereocenters. The van der Waals surface area contributed by atoms with Gasteiger partial charge >= 0.3 is 0 Å². The van der Waals surface area contributed by atoms with E-state index in [1.807, 2.05) is 86.6 Å². The first-order valence-electron chi connectivity index (χ1n) is 12.3. The molecule has 0 aliphatic rings. The molecule has 2 amide bonds. The van der Waals surface area contributed by atoms with Gasteiger partial charge in [-0.25, -0.2) is 0 Å². The molecule has 0 saturated carbocycles. The number of nitrogens with one attached hydrogen (secondary N) is 1. The van der Waals surface area contributed by atoms with Crippen LogP contribution in [0, 0.1) is 19.8 Å². The first-order valence-corrected chi connectivity index (χ1v) is 13.1. The monoisotopic (exact) mass is 550 g/mol. The Bertz CT molecular complexity index is 1150. The summed E-state index contributed by atoms with van der Waals surface area (Å²) in [6.07, 6.45) is 0.416. The standard InChI is InChI=1S/C30H35BrN2O3/c1-21(2)18-32-30(35)28(17-24-8-6-5-7-9-24)33(19-25-12-10-22(3)11-13-25)29(34)20-36-26-14-15-27(31)23(4)16-26/h5-16,21,28H,17-20H2,1-4H3,(H,32,35)/t28-/m1/s1. The van der Waals surface area contributed by atoms with Crippen molar-refractivity contribution < 1.29 is 14.3 Å². The molecule has 0 spiro atoms. The molecule has 0 fully saturated rings. The van der Waals surface area contributed by atoms with Crippen LogP contribution in [0.15, 0.2) is 77.3 Å². The zero-order valence-electron chi connectivity index (χ0n) is 21.5. The Hall–Kier alpha value is -3.12. The third-order valence-electron chi connectivity index (χ3n) is 5.92. The molecule has 0 aromatic heterocycles. The van der Waals surface area contributed by atoms with Crippen LogP contribution in [-0.2, 0) is 22.6 Å². The maximum absolute atomic E-state index is 13.6. The van der Waals surface area contributed by atoms with Crippen LogP contribution in [0.5, 0.6) is 5.75 Å². The Balaban J connectivity index is 1.89. The minimum absolute atomic E-state index is 0.157. The lowest BCUT2D eigenvalue weighted by atomic mass is 10.0. The molecule has 36 heavy (non-hydrogen) atoms. The Labute approximate surface area is 223 Å². The van der Waals surface area contributed by atoms with Crippen molar-refractivity contribution >= 4 is 27.7 Å². The summed E-state index contributed by atoms with van der Waals surface area (Å²) in [5.74, 6) is 0.518. The number of carbonyl (C=O) groups is 2. The van der Waals surface area contributed by atoms with Crippen LogP contribution in [-0.4, -0.2) is 35.9 Å². The molecule has 1 N–H and O–H groups in total. The number of hydrogen-bond donors (Lipinski definition) is 1. The molecule has 6 heteroatoms. The molecule has 3 aromatic carbocycles. The van der Waals surface area contributed by atoms with Gasteiger partial charge in [0.25, 0.3) is 5.91 Å². The second-order valence-corrected chi connectivity index (χ2v) is 10.4. The number of nitrogens with zero attached hydrogens (tertiary/aromatic N) is 1. The molecule has 0 saturated heterocycles. The summed E-state index contributed by atoms with van der Waals surface area (Å²) < 4.78 is 6.85. The average Bonchev–Trinajstić information content (AvgIpc) is 2.87. The highest BCUT2D eigenvalue weighted by Gasteiger charge is 2.30. The van der Waals surface area contributed by atoms with Gasteiger partial charge in [0.15, 0.2) is 6.61 Å². The molecule has 3 rings (SSSR count). The highest BCUT2D eigenvalue weighted by atomic mass is 79.9. The van der Waals surface area contributed by atoms with Crippen LogP contribution in [0.1, 0.15) is 36.1 Å². The Morgan fingerprint density at radius 1 is 0.944 bits per heavy atom. The van der Waals surface area contributed by atoms with Gasteiger partial charge in [-0.15, -0.1) is 0 Å². The number of hydrogen-bond acceptors (Lipinski definition) is 3. The van der Waals surface area contributed by atoms with E-state index in [1.165, 1.54) is 0 Å². The molecular formula is C30H35BrN2O3. The Morgan fingerprint density at radius 2 is 1.64 bits per heavy atom. The van der Waals surface area contributed by atoms with Gasteiger partial charge in [-0.3, -0.25) is 9.59 Å². The van der Waals surface area contributed by atoms with Gasteiger partial charge in [0.05, 0.1) is 0 Å². The van der Waals surface area contributed by atoms with Crippen molar-refractivity contribution in [3.05, 3.63) is 99.5 Å². The summed E-state index contributed by atoms with van der Waals surface area (Å²) in [5, 5.41) is 3.04. The molecule has 5 nitrogen and oxygen atoms in total. The lowest BCUT2D eigenvalue weighted by Gasteiger charge is -2.31. The Morgan fingerprint density at radius 3 is 2.28 bits per heavy atom. The average molecular weight is 552 g/mol. The van der Waals surface area contributed by atoms with Crippen molar-refractivity contribution in [2.45, 2.75) is 46.7 Å². The Kier molecular flexibility index (Phi) is 10.1. The minimum atomic E-state index is -0.671. The molecule has 3 aromatic rings. The normalized spacial score (nSPS) is 11.7. The minimum Gasteiger partial charge on any atom is -0.484 e. The molecule has 0 bridgehead atoms. The maximum atomic E-state index is 13.6. The fourth-order valence-electron chi connectivity index (χ4n) is 3.80. The number of carbonyl (C=O) groups excluding carboxylic acids is 2. The first-order chi connectivity index (χ1) is 17.2. The summed E-state index contributed by atoms with van der Waals surface area (Å²) >= 11 is 3.49. The highest BCUT2D eigenvalue weighted by Crippen LogP contribution is 2.22. The fourth-order valence-corrected chi connectivity index (χ4v) is 4.05. The number of ether oxygens (including phenoxy) is 1. The van der Waals surface area contributed by atoms with E-state index >= 15 is 0 Å². The number of rotatable bonds is 11. The van der Waals surface area contributed by atoms with Gasteiger partial charge in [-0.1, -0.05) is 89.9 Å². The van der Waals surface area contributed by atoms with Crippen LogP contribution in [0.4, 0.5) is 0 Å². The van der Waals surface area contributed by atoms with E-state index in [-0.39, 0.29) is 18.4 Å². The van der Waals surface area contributed by atoms with Gasteiger partial charge in [-0.05, 0) is 54.7 Å². The summed E-state index contributed by atoms with van der Waals surface area (Å²) in [4.78, 5) is 28.7. The van der Waals surface area contributed by atoms with Crippen molar-refractivity contribution in [2.75, 3.05) is 13.2 Å². The quantitative estimate of drug-likeness (QED) is 0.325. The van der Waals surface area contributed by atoms with Crippen LogP contribution >= 0.6 is 15.9 Å². The highest BCUT2D eigenvalue weighted by molar-refractivity contribution is 9.10. The van der Waals surface area contributed by atoms with Crippen molar-refractivity contribution in [3.63, 3.8) is 0 Å². The zero-order chi connectivity index (χ0) is 26.1. The van der Waals surface area contributed by atoms with E-state index in [9.17, 15) is 9.59 Å². The van der Waals surface area contributed by atoms with E-state index in [1.54, 1.807) is 4.90 Å². The van der Waals surface area contributed by atoms with Gasteiger partial charge in [-0.2, -0.15) is 0 Å². The molecule has 0 aliphatic carbocycles. The number of halogens is 1. The van der Waals surface area contributed by atoms with Gasteiger partial charge in [0.2, 0.25) is 5.91 Å². The summed E-state index contributed by atoms with van der Waals surface area (Å²) in [6.45, 7) is 8.80. The third-order valence-corrected chi connectivity index (χ3v) is 6.81. The van der Waals surface area contributed by atoms with E-state index in [0.29, 0.717) is 31.2 Å². The summed E-state index contributed by atoms with van der Waals surface area (Å²) in [6, 6.07) is 22.8. The molecule has 190 valence electrons. The number of benzene rings is 3. The van der Waals surface area contributed by atoms with Gasteiger partial charge in [0.1, 0.15) is 11.8 Å². The second-order valence-electron chi connectivity index (χ2n) is 9.55. The molecule has 0 radical (unpaired) electrons. The van der Waals surface area contributed by atoms with Gasteiger partial charge in [0, 0.05) is 24.0 Å². The van der Waals surface area contributed by atoms with E-state index in [4.69, 9.17) is 4.74 Å². The van der Waals surface area contributed by atoms with Crippen LogP contribution in [0.25, 0.3) is 0 Å². The van der Waals surface area contributed by atoms with Crippen LogP contribution in [0.3, 0.4) is 0 Å². The molecular weight excluding hydrogens is 516 g/mol. The van der Waals surface area contributed by atoms with Crippen LogP contribution < -0.4 is 10.1 Å². The first kappa shape index (κ1) is 27.5. The molecule has 0 aliphatic heterocycles. The van der Waals surface area contributed by atoms with E-state index in [2.05, 4.69) is 35.1 Å². The SMILES string of the molecule is Cc1ccc(CN(C(=O)COc2ccc(Br)c(C)c2)[C@H](Cc2ccccc2)C(=O)NCC(C)C)cc1. The van der Waals surface area contributed by atoms with E-state index < -0.39 is 6.04 Å². The van der Waals surface area contributed by atoms with Crippen LogP contribution in [0.2, 0.25) is 0 Å². The smallest absolute Gasteiger partial charge is 0.261 e. The van der Waals surface area contributed by atoms with Gasteiger partial charge < -0.3 is 15.0 Å². The van der Waals surface area contributed by atoms with Crippen molar-refractivity contribution in [1.82, 2.24) is 10.2 Å². The molecule has 0 heterocycles. The number of aryl methyl sites for hydroxylation is 2. The topological polar surface area (TPSA) is 58.6 Å².